The summed E-state index contributed by atoms with van der Waals surface area (Å²) in [4.78, 5) is 22.0. The Labute approximate surface area is 249 Å². The first-order valence-electron chi connectivity index (χ1n) is 15.6. The summed E-state index contributed by atoms with van der Waals surface area (Å²) in [5.41, 5.74) is -1.32. The van der Waals surface area contributed by atoms with E-state index in [1.54, 1.807) is 6.07 Å². The average Bonchev–Trinajstić information content (AvgIpc) is 2.95. The molecule has 1 N–H and O–H groups in total. The first-order chi connectivity index (χ1) is 21.1. The number of aromatic nitrogens is 2. The molecule has 0 spiro atoms. The first kappa shape index (κ1) is 27.4. The van der Waals surface area contributed by atoms with Crippen LogP contribution >= 0.6 is 0 Å². The molecule has 0 aliphatic carbocycles. The quantitative estimate of drug-likeness (QED) is 0.335. The van der Waals surface area contributed by atoms with E-state index in [-0.39, 0.29) is 27.8 Å². The van der Waals surface area contributed by atoms with Crippen LogP contribution in [-0.2, 0) is 27.4 Å². The van der Waals surface area contributed by atoms with E-state index in [1.165, 1.54) is 37.3 Å². The van der Waals surface area contributed by atoms with Gasteiger partial charge < -0.3 is 9.69 Å². The van der Waals surface area contributed by atoms with Crippen molar-refractivity contribution in [3.63, 3.8) is 0 Å². The molecule has 0 saturated heterocycles. The standard InChI is InChI=1S/C31H37F3N4O3S/c1-22-15-16-24-12-7-5-3-4-6-8-19-38(20-10-11-23(2)39)28-13-9-14-29(36-28)42(40,41)37-27-18-17-26(31(32,33)34)30(35-27)25(24)21-22/h9,13-18,21H,3-8,10-12,19-20H2,1-2H3,(H,35,37)/i1D3. The van der Waals surface area contributed by atoms with Gasteiger partial charge in [-0.05, 0) is 75.4 Å². The summed E-state index contributed by atoms with van der Waals surface area (Å²) in [6.45, 7) is 0.0621. The third-order valence-electron chi connectivity index (χ3n) is 7.19. The molecule has 3 heterocycles. The Morgan fingerprint density at radius 3 is 2.52 bits per heavy atom. The van der Waals surface area contributed by atoms with Crippen LogP contribution in [-0.4, -0.2) is 37.3 Å². The van der Waals surface area contributed by atoms with Crippen molar-refractivity contribution < 1.29 is 30.5 Å². The summed E-state index contributed by atoms with van der Waals surface area (Å²) >= 11 is 0. The molecule has 7 nitrogen and oxygen atoms in total. The first-order valence-corrected chi connectivity index (χ1v) is 15.6. The monoisotopic (exact) mass is 605 g/mol. The molecule has 11 heteroatoms. The number of halogens is 3. The van der Waals surface area contributed by atoms with Crippen LogP contribution in [0.3, 0.4) is 0 Å². The molecule has 0 fully saturated rings. The van der Waals surface area contributed by atoms with Crippen molar-refractivity contribution in [2.45, 2.75) is 82.8 Å². The number of nitrogens with one attached hydrogen (secondary N) is 1. The molecule has 0 atom stereocenters. The zero-order valence-electron chi connectivity index (χ0n) is 26.5. The lowest BCUT2D eigenvalue weighted by Crippen LogP contribution is -2.28. The third kappa shape index (κ3) is 8.30. The number of pyridine rings is 2. The van der Waals surface area contributed by atoms with Crippen LogP contribution in [0, 0.1) is 6.85 Å². The van der Waals surface area contributed by atoms with Gasteiger partial charge in [0.05, 0.1) is 11.3 Å². The SMILES string of the molecule is [2H]C([2H])([2H])c1ccc2c(c1)-c1nc(ccc1C(F)(F)F)NS(=O)(=O)c1cccc(n1)N(CCCC(C)=O)CCCCCCCC2. The Kier molecular flexibility index (Phi) is 8.91. The second kappa shape index (κ2) is 13.7. The minimum absolute atomic E-state index is 0.00348. The number of hydrogen-bond acceptors (Lipinski definition) is 6. The number of benzene rings is 1. The number of carbonyl (C=O) groups is 1. The van der Waals surface area contributed by atoms with Gasteiger partial charge in [-0.25, -0.2) is 9.97 Å². The van der Waals surface area contributed by atoms with Crippen LogP contribution in [0.2, 0.25) is 0 Å². The minimum atomic E-state index is -4.84. The summed E-state index contributed by atoms with van der Waals surface area (Å²) < 4.78 is 95.5. The number of aryl methyl sites for hydroxylation is 2. The van der Waals surface area contributed by atoms with E-state index in [0.717, 1.165) is 44.2 Å². The molecule has 3 aromatic rings. The third-order valence-corrected chi connectivity index (χ3v) is 8.45. The van der Waals surface area contributed by atoms with Crippen LogP contribution < -0.4 is 9.62 Å². The van der Waals surface area contributed by atoms with Gasteiger partial charge in [-0.2, -0.15) is 21.6 Å². The maximum Gasteiger partial charge on any atom is 0.418 e. The maximum atomic E-state index is 14.3. The number of carbonyl (C=O) groups excluding carboxylic acids is 1. The molecule has 4 rings (SSSR count). The fourth-order valence-electron chi connectivity index (χ4n) is 5.07. The molecular weight excluding hydrogens is 565 g/mol. The van der Waals surface area contributed by atoms with E-state index in [2.05, 4.69) is 14.7 Å². The van der Waals surface area contributed by atoms with Crippen LogP contribution in [0.15, 0.2) is 53.6 Å². The van der Waals surface area contributed by atoms with Crippen molar-refractivity contribution in [1.29, 1.82) is 0 Å². The topological polar surface area (TPSA) is 92.3 Å². The maximum absolute atomic E-state index is 14.3. The number of fused-ring (bicyclic) bond motifs is 6. The summed E-state index contributed by atoms with van der Waals surface area (Å²) in [6, 6.07) is 10.3. The normalized spacial score (nSPS) is 17.7. The van der Waals surface area contributed by atoms with Crippen molar-refractivity contribution in [3.8, 4) is 11.3 Å². The lowest BCUT2D eigenvalue weighted by molar-refractivity contribution is -0.137. The Bertz CT molecular complexity index is 1620. The fraction of sp³-hybridized carbons (Fsp3) is 0.452. The van der Waals surface area contributed by atoms with E-state index in [1.807, 2.05) is 4.90 Å². The van der Waals surface area contributed by atoms with Crippen LogP contribution in [0.25, 0.3) is 11.3 Å². The Hall–Kier alpha value is -3.47. The zero-order chi connectivity index (χ0) is 32.8. The van der Waals surface area contributed by atoms with Crippen molar-refractivity contribution in [3.05, 3.63) is 65.2 Å². The van der Waals surface area contributed by atoms with Gasteiger partial charge in [-0.1, -0.05) is 49.4 Å². The number of ketones is 1. The van der Waals surface area contributed by atoms with Gasteiger partial charge in [0, 0.05) is 29.2 Å². The number of anilines is 2. The molecule has 2 aromatic heterocycles. The lowest BCUT2D eigenvalue weighted by atomic mass is 9.94. The fourth-order valence-corrected chi connectivity index (χ4v) is 6.03. The van der Waals surface area contributed by atoms with Gasteiger partial charge in [0.2, 0.25) is 0 Å². The molecule has 0 unspecified atom stereocenters. The molecule has 1 aliphatic rings. The van der Waals surface area contributed by atoms with Gasteiger partial charge in [0.15, 0.2) is 5.03 Å². The molecule has 4 bridgehead atoms. The van der Waals surface area contributed by atoms with Gasteiger partial charge in [0.1, 0.15) is 17.4 Å². The van der Waals surface area contributed by atoms with Crippen LogP contribution in [0.5, 0.6) is 0 Å². The zero-order valence-corrected chi connectivity index (χ0v) is 24.3. The molecule has 226 valence electrons. The van der Waals surface area contributed by atoms with Crippen molar-refractivity contribution in [2.24, 2.45) is 0 Å². The highest BCUT2D eigenvalue weighted by molar-refractivity contribution is 7.92. The molecule has 0 amide bonds. The Balaban J connectivity index is 1.81. The number of Topliss-reactive ketones (excluding diaryl/α,β-unsaturated/α-hetero) is 1. The average molecular weight is 606 g/mol. The van der Waals surface area contributed by atoms with Crippen molar-refractivity contribution in [1.82, 2.24) is 9.97 Å². The molecule has 0 saturated carbocycles. The number of nitrogens with zero attached hydrogens (tertiary/aromatic N) is 3. The number of sulfonamides is 1. The number of hydrogen-bond donors (Lipinski definition) is 1. The summed E-state index contributed by atoms with van der Waals surface area (Å²) in [6.07, 6.45) is 1.58. The highest BCUT2D eigenvalue weighted by atomic mass is 32.2. The van der Waals surface area contributed by atoms with E-state index in [4.69, 9.17) is 4.11 Å². The smallest absolute Gasteiger partial charge is 0.357 e. The highest BCUT2D eigenvalue weighted by Gasteiger charge is 2.35. The largest absolute Gasteiger partial charge is 0.418 e. The predicted molar refractivity (Wildman–Crippen MR) is 158 cm³/mol. The van der Waals surface area contributed by atoms with Gasteiger partial charge in [-0.3, -0.25) is 4.72 Å². The highest BCUT2D eigenvalue weighted by Crippen LogP contribution is 2.39. The van der Waals surface area contributed by atoms with Gasteiger partial charge in [-0.15, -0.1) is 0 Å². The lowest BCUT2D eigenvalue weighted by Gasteiger charge is -2.24. The molecule has 1 aliphatic heterocycles. The van der Waals surface area contributed by atoms with Gasteiger partial charge >= 0.3 is 6.18 Å². The van der Waals surface area contributed by atoms with E-state index in [9.17, 15) is 26.4 Å². The van der Waals surface area contributed by atoms with Gasteiger partial charge in [0.25, 0.3) is 10.0 Å². The number of alkyl halides is 3. The molecular formula is C31H37F3N4O3S. The van der Waals surface area contributed by atoms with Crippen LogP contribution in [0.1, 0.15) is 79.1 Å². The molecule has 0 radical (unpaired) electrons. The Morgan fingerprint density at radius 1 is 1.02 bits per heavy atom. The van der Waals surface area contributed by atoms with E-state index in [0.29, 0.717) is 50.2 Å². The predicted octanol–water partition coefficient (Wildman–Crippen LogP) is 7.34. The summed E-state index contributed by atoms with van der Waals surface area (Å²) in [5.74, 6) is 0.0965. The molecule has 42 heavy (non-hydrogen) atoms. The summed E-state index contributed by atoms with van der Waals surface area (Å²) in [5, 5.41) is -0.345. The second-order valence-corrected chi connectivity index (χ2v) is 12.2. The van der Waals surface area contributed by atoms with E-state index < -0.39 is 34.3 Å². The second-order valence-electron chi connectivity index (χ2n) is 10.6. The Morgan fingerprint density at radius 2 is 1.79 bits per heavy atom. The van der Waals surface area contributed by atoms with Crippen LogP contribution in [0.4, 0.5) is 24.8 Å². The van der Waals surface area contributed by atoms with Crippen molar-refractivity contribution >= 4 is 27.4 Å². The summed E-state index contributed by atoms with van der Waals surface area (Å²) in [7, 11) is -4.39. The number of rotatable bonds is 4. The molecule has 1 aromatic carbocycles. The van der Waals surface area contributed by atoms with E-state index >= 15 is 0 Å². The minimum Gasteiger partial charge on any atom is -0.357 e. The van der Waals surface area contributed by atoms with Crippen molar-refractivity contribution in [2.75, 3.05) is 22.7 Å².